The van der Waals surface area contributed by atoms with Crippen LogP contribution in [0, 0.1) is 0 Å². The molecule has 0 radical (unpaired) electrons. The first-order valence-corrected chi connectivity index (χ1v) is 7.86. The topological polar surface area (TPSA) is 102 Å². The molecule has 0 atom stereocenters. The molecule has 9 heteroatoms. The number of thioether (sulfide) groups is 1. The Kier molecular flexibility index (Phi) is 4.79. The summed E-state index contributed by atoms with van der Waals surface area (Å²) in [6.45, 7) is 6.01. The number of imidazole rings is 1. The second-order valence-corrected chi connectivity index (χ2v) is 6.35. The number of aromatic nitrogens is 4. The summed E-state index contributed by atoms with van der Waals surface area (Å²) < 4.78 is 3.99. The molecule has 0 N–H and O–H groups in total. The molecule has 2 aromatic rings. The Balaban J connectivity index is 2.67. The number of hydrogen-bond acceptors (Lipinski definition) is 6. The van der Waals surface area contributed by atoms with Gasteiger partial charge in [-0.2, -0.15) is 0 Å². The third kappa shape index (κ3) is 3.24. The van der Waals surface area contributed by atoms with Gasteiger partial charge in [-0.1, -0.05) is 23.9 Å². The van der Waals surface area contributed by atoms with Gasteiger partial charge in [0.05, 0.1) is 0 Å². The lowest BCUT2D eigenvalue weighted by atomic mass is 10.3. The molecule has 0 aromatic carbocycles. The van der Waals surface area contributed by atoms with E-state index in [0.717, 1.165) is 10.1 Å². The van der Waals surface area contributed by atoms with Crippen LogP contribution in [0.4, 0.5) is 0 Å². The number of fused-ring (bicyclic) bond motifs is 1. The van der Waals surface area contributed by atoms with Crippen molar-refractivity contribution in [3.05, 3.63) is 33.0 Å². The molecule has 2 aromatic heterocycles. The Morgan fingerprint density at radius 1 is 1.30 bits per heavy atom. The van der Waals surface area contributed by atoms with E-state index < -0.39 is 17.2 Å². The minimum atomic E-state index is -1.15. The summed E-state index contributed by atoms with van der Waals surface area (Å²) in [6, 6.07) is 0. The first-order chi connectivity index (χ1) is 10.7. The highest BCUT2D eigenvalue weighted by Crippen LogP contribution is 2.23. The third-order valence-corrected chi connectivity index (χ3v) is 4.26. The van der Waals surface area contributed by atoms with E-state index in [1.807, 2.05) is 6.92 Å². The summed E-state index contributed by atoms with van der Waals surface area (Å²) in [4.78, 5) is 39.4. The Bertz CT molecular complexity index is 906. The number of rotatable bonds is 6. The van der Waals surface area contributed by atoms with E-state index in [1.54, 1.807) is 4.57 Å². The number of allylic oxidation sites excluding steroid dienone is 1. The molecule has 0 aliphatic rings. The lowest BCUT2D eigenvalue weighted by Crippen LogP contribution is -2.37. The molecule has 0 aliphatic heterocycles. The van der Waals surface area contributed by atoms with Crippen molar-refractivity contribution < 1.29 is 9.90 Å². The number of carbonyl (C=O) groups excluding carboxylic acids is 1. The van der Waals surface area contributed by atoms with Crippen molar-refractivity contribution in [3.8, 4) is 0 Å². The fourth-order valence-corrected chi connectivity index (χ4v) is 3.09. The van der Waals surface area contributed by atoms with Gasteiger partial charge in [0.1, 0.15) is 0 Å². The normalized spacial score (nSPS) is 11.1. The molecule has 2 heterocycles. The molecular weight excluding hydrogens is 320 g/mol. The van der Waals surface area contributed by atoms with Crippen LogP contribution in [0.25, 0.3) is 11.2 Å². The Labute approximate surface area is 136 Å². The van der Waals surface area contributed by atoms with Crippen molar-refractivity contribution in [3.63, 3.8) is 0 Å². The summed E-state index contributed by atoms with van der Waals surface area (Å²) >= 11 is 1.20. The molecule has 23 heavy (non-hydrogen) atoms. The van der Waals surface area contributed by atoms with Gasteiger partial charge < -0.3 is 14.5 Å². The lowest BCUT2D eigenvalue weighted by Gasteiger charge is -2.09. The molecule has 0 saturated carbocycles. The van der Waals surface area contributed by atoms with E-state index in [-0.39, 0.29) is 17.8 Å². The molecule has 124 valence electrons. The summed E-state index contributed by atoms with van der Waals surface area (Å²) in [5.74, 6) is -0.890. The van der Waals surface area contributed by atoms with Gasteiger partial charge in [0.2, 0.25) is 0 Å². The van der Waals surface area contributed by atoms with Crippen LogP contribution in [-0.4, -0.2) is 30.4 Å². The van der Waals surface area contributed by atoms with Crippen LogP contribution in [0.5, 0.6) is 0 Å². The van der Waals surface area contributed by atoms with E-state index in [4.69, 9.17) is 0 Å². The first-order valence-electron chi connectivity index (χ1n) is 6.87. The average molecular weight is 337 g/mol. The van der Waals surface area contributed by atoms with Crippen LogP contribution in [0.3, 0.4) is 0 Å². The summed E-state index contributed by atoms with van der Waals surface area (Å²) in [7, 11) is 2.95. The summed E-state index contributed by atoms with van der Waals surface area (Å²) in [5, 5.41) is 11.0. The number of carboxylic acids is 1. The average Bonchev–Trinajstić information content (AvgIpc) is 2.81. The minimum Gasteiger partial charge on any atom is -0.550 e. The zero-order valence-electron chi connectivity index (χ0n) is 13.2. The molecule has 0 fully saturated rings. The molecule has 0 unspecified atom stereocenters. The highest BCUT2D eigenvalue weighted by atomic mass is 32.2. The number of carboxylic acid groups (broad SMARTS) is 1. The van der Waals surface area contributed by atoms with Crippen LogP contribution < -0.4 is 16.4 Å². The second kappa shape index (κ2) is 6.45. The van der Waals surface area contributed by atoms with Gasteiger partial charge >= 0.3 is 5.69 Å². The molecule has 0 amide bonds. The number of aliphatic carboxylic acids is 1. The van der Waals surface area contributed by atoms with Crippen molar-refractivity contribution in [1.29, 1.82) is 0 Å². The van der Waals surface area contributed by atoms with Crippen LogP contribution >= 0.6 is 11.8 Å². The zero-order chi connectivity index (χ0) is 17.3. The molecule has 0 bridgehead atoms. The smallest absolute Gasteiger partial charge is 0.332 e. The van der Waals surface area contributed by atoms with Crippen molar-refractivity contribution in [2.45, 2.75) is 25.0 Å². The van der Waals surface area contributed by atoms with Gasteiger partial charge in [0.15, 0.2) is 16.3 Å². The van der Waals surface area contributed by atoms with Crippen LogP contribution in [0.1, 0.15) is 13.3 Å². The molecule has 2 rings (SSSR count). The third-order valence-electron chi connectivity index (χ3n) is 3.28. The molecule has 0 aliphatic carbocycles. The largest absolute Gasteiger partial charge is 0.550 e. The van der Waals surface area contributed by atoms with E-state index in [2.05, 4.69) is 11.6 Å². The van der Waals surface area contributed by atoms with Crippen LogP contribution in [0.2, 0.25) is 0 Å². The fraction of sp³-hybridized carbons (Fsp3) is 0.429. The summed E-state index contributed by atoms with van der Waals surface area (Å²) in [5.41, 5.74) is 0.475. The van der Waals surface area contributed by atoms with Crippen molar-refractivity contribution in [1.82, 2.24) is 18.7 Å². The van der Waals surface area contributed by atoms with Crippen LogP contribution in [0.15, 0.2) is 26.9 Å². The fourth-order valence-electron chi connectivity index (χ4n) is 2.18. The number of aryl methyl sites for hydroxylation is 1. The van der Waals surface area contributed by atoms with Gasteiger partial charge in [-0.05, 0) is 13.3 Å². The standard InChI is InChI=1S/C14H18N4O4S/c1-8(2)7-18-10-11(15-13(18)23-6-5-9(19)20)16(3)14(22)17(4)12(10)21/h1,5-7H2,2-4H3,(H,19,20)/p-1. The van der Waals surface area contributed by atoms with Crippen molar-refractivity contribution in [2.24, 2.45) is 14.1 Å². The minimum absolute atomic E-state index is 0.127. The maximum absolute atomic E-state index is 12.4. The first kappa shape index (κ1) is 17.1. The predicted octanol–water partition coefficient (Wildman–Crippen LogP) is -0.758. The van der Waals surface area contributed by atoms with Gasteiger partial charge in [-0.3, -0.25) is 13.9 Å². The predicted molar refractivity (Wildman–Crippen MR) is 85.4 cm³/mol. The lowest BCUT2D eigenvalue weighted by molar-refractivity contribution is -0.305. The number of nitrogens with zero attached hydrogens (tertiary/aromatic N) is 4. The quantitative estimate of drug-likeness (QED) is 0.507. The molecule has 8 nitrogen and oxygen atoms in total. The van der Waals surface area contributed by atoms with Gasteiger partial charge in [-0.25, -0.2) is 9.78 Å². The monoisotopic (exact) mass is 337 g/mol. The van der Waals surface area contributed by atoms with Gasteiger partial charge in [0.25, 0.3) is 5.56 Å². The van der Waals surface area contributed by atoms with Gasteiger partial charge in [-0.15, -0.1) is 0 Å². The van der Waals surface area contributed by atoms with Crippen LogP contribution in [-0.2, 0) is 25.4 Å². The zero-order valence-corrected chi connectivity index (χ0v) is 14.0. The Hall–Kier alpha value is -2.29. The maximum atomic E-state index is 12.4. The molecule has 0 saturated heterocycles. The van der Waals surface area contributed by atoms with Crippen molar-refractivity contribution >= 4 is 28.9 Å². The molecule has 0 spiro atoms. The van der Waals surface area contributed by atoms with E-state index in [1.165, 1.54) is 30.4 Å². The van der Waals surface area contributed by atoms with E-state index >= 15 is 0 Å². The highest BCUT2D eigenvalue weighted by Gasteiger charge is 2.19. The van der Waals surface area contributed by atoms with E-state index in [9.17, 15) is 19.5 Å². The Morgan fingerprint density at radius 3 is 2.52 bits per heavy atom. The van der Waals surface area contributed by atoms with Crippen molar-refractivity contribution in [2.75, 3.05) is 5.75 Å². The summed E-state index contributed by atoms with van der Waals surface area (Å²) in [6.07, 6.45) is -0.127. The number of hydrogen-bond donors (Lipinski definition) is 0. The van der Waals surface area contributed by atoms with Gasteiger partial charge in [0, 0.05) is 32.4 Å². The second-order valence-electron chi connectivity index (χ2n) is 5.29. The SMILES string of the molecule is C=C(C)Cn1c(SCCC(=O)[O-])nc2c1c(=O)n(C)c(=O)n2C. The van der Waals surface area contributed by atoms with E-state index in [0.29, 0.717) is 17.2 Å². The number of carbonyl (C=O) groups is 1. The Morgan fingerprint density at radius 2 is 1.96 bits per heavy atom. The molecular formula is C14H17N4O4S-. The highest BCUT2D eigenvalue weighted by molar-refractivity contribution is 7.99. The maximum Gasteiger partial charge on any atom is 0.332 e.